The Morgan fingerprint density at radius 2 is 1.68 bits per heavy atom. The number of nitrogens with one attached hydrogen (secondary N) is 1. The lowest BCUT2D eigenvalue weighted by atomic mass is 9.80. The fraction of sp³-hybridized carbons (Fsp3) is 0.750. The van der Waals surface area contributed by atoms with Crippen LogP contribution in [0.15, 0.2) is 12.2 Å². The van der Waals surface area contributed by atoms with Gasteiger partial charge in [-0.25, -0.2) is 0 Å². The first-order valence-corrected chi connectivity index (χ1v) is 9.62. The van der Waals surface area contributed by atoms with Gasteiger partial charge in [0.05, 0.1) is 0 Å². The van der Waals surface area contributed by atoms with E-state index in [4.69, 9.17) is 0 Å². The number of hydrogen-bond donors (Lipinski definition) is 1. The molecule has 1 N–H and O–H groups in total. The van der Waals surface area contributed by atoms with Gasteiger partial charge in [-0.15, -0.1) is 0 Å². The first-order chi connectivity index (χ1) is 11.8. The van der Waals surface area contributed by atoms with Crippen LogP contribution in [0.4, 0.5) is 0 Å². The van der Waals surface area contributed by atoms with E-state index >= 15 is 0 Å². The fourth-order valence-electron chi connectivity index (χ4n) is 3.70. The van der Waals surface area contributed by atoms with E-state index in [1.165, 1.54) is 17.1 Å². The van der Waals surface area contributed by atoms with E-state index in [1.807, 2.05) is 20.8 Å². The zero-order valence-electron chi connectivity index (χ0n) is 16.4. The van der Waals surface area contributed by atoms with E-state index in [0.29, 0.717) is 12.8 Å². The van der Waals surface area contributed by atoms with Crippen LogP contribution >= 0.6 is 0 Å². The molecule has 142 valence electrons. The van der Waals surface area contributed by atoms with Gasteiger partial charge >= 0.3 is 0 Å². The summed E-state index contributed by atoms with van der Waals surface area (Å²) < 4.78 is 0. The second kappa shape index (κ2) is 9.73. The van der Waals surface area contributed by atoms with Gasteiger partial charge in [-0.3, -0.25) is 19.3 Å². The van der Waals surface area contributed by atoms with Crippen molar-refractivity contribution in [3.63, 3.8) is 0 Å². The molecule has 0 saturated carbocycles. The van der Waals surface area contributed by atoms with Crippen LogP contribution in [0.5, 0.6) is 0 Å². The SMILES string of the molecule is CCCCC(NC(=O)CC)C(CCC)CC(C)(C)N1C(=O)C=CC1=O. The Labute approximate surface area is 152 Å². The minimum absolute atomic E-state index is 0.0648. The highest BCUT2D eigenvalue weighted by molar-refractivity contribution is 6.13. The van der Waals surface area contributed by atoms with Crippen LogP contribution < -0.4 is 5.32 Å². The van der Waals surface area contributed by atoms with Gasteiger partial charge in [-0.2, -0.15) is 0 Å². The first kappa shape index (κ1) is 21.4. The molecule has 5 heteroatoms. The van der Waals surface area contributed by atoms with Crippen LogP contribution in [0, 0.1) is 5.92 Å². The van der Waals surface area contributed by atoms with E-state index < -0.39 is 5.54 Å². The van der Waals surface area contributed by atoms with Crippen LogP contribution in [0.25, 0.3) is 0 Å². The monoisotopic (exact) mass is 350 g/mol. The summed E-state index contributed by atoms with van der Waals surface area (Å²) in [6.45, 7) is 10.0. The van der Waals surface area contributed by atoms with Crippen molar-refractivity contribution >= 4 is 17.7 Å². The van der Waals surface area contributed by atoms with E-state index in [1.54, 1.807) is 0 Å². The Bertz CT molecular complexity index is 493. The fourth-order valence-corrected chi connectivity index (χ4v) is 3.70. The second-order valence-electron chi connectivity index (χ2n) is 7.58. The number of carbonyl (C=O) groups is 3. The molecule has 0 aromatic rings. The maximum Gasteiger partial charge on any atom is 0.254 e. The highest BCUT2D eigenvalue weighted by Crippen LogP contribution is 2.32. The van der Waals surface area contributed by atoms with Crippen molar-refractivity contribution in [3.8, 4) is 0 Å². The molecule has 1 rings (SSSR count). The number of amides is 3. The molecule has 1 aliphatic heterocycles. The Balaban J connectivity index is 2.95. The van der Waals surface area contributed by atoms with Crippen molar-refractivity contribution in [2.75, 3.05) is 0 Å². The molecule has 0 bridgehead atoms. The molecule has 1 aliphatic rings. The molecule has 2 atom stereocenters. The van der Waals surface area contributed by atoms with E-state index in [0.717, 1.165) is 32.1 Å². The highest BCUT2D eigenvalue weighted by atomic mass is 16.2. The largest absolute Gasteiger partial charge is 0.353 e. The maximum absolute atomic E-state index is 12.1. The van der Waals surface area contributed by atoms with Crippen molar-refractivity contribution in [1.82, 2.24) is 10.2 Å². The average molecular weight is 351 g/mol. The Morgan fingerprint density at radius 1 is 1.08 bits per heavy atom. The molecular weight excluding hydrogens is 316 g/mol. The molecule has 0 aromatic heterocycles. The van der Waals surface area contributed by atoms with Crippen LogP contribution in [-0.2, 0) is 14.4 Å². The van der Waals surface area contributed by atoms with Gasteiger partial charge < -0.3 is 5.32 Å². The molecule has 0 spiro atoms. The normalized spacial score (nSPS) is 17.1. The van der Waals surface area contributed by atoms with Gasteiger partial charge in [0.25, 0.3) is 11.8 Å². The summed E-state index contributed by atoms with van der Waals surface area (Å²) in [5.41, 5.74) is -0.571. The third kappa shape index (κ3) is 5.98. The smallest absolute Gasteiger partial charge is 0.254 e. The lowest BCUT2D eigenvalue weighted by molar-refractivity contribution is -0.143. The lowest BCUT2D eigenvalue weighted by Gasteiger charge is -2.39. The summed E-state index contributed by atoms with van der Waals surface area (Å²) in [6.07, 6.45) is 8.88. The predicted octanol–water partition coefficient (Wildman–Crippen LogP) is 3.58. The molecule has 5 nitrogen and oxygen atoms in total. The average Bonchev–Trinajstić information content (AvgIpc) is 2.90. The third-order valence-electron chi connectivity index (χ3n) is 4.94. The molecule has 1 heterocycles. The molecule has 0 aliphatic carbocycles. The number of rotatable bonds is 11. The van der Waals surface area contributed by atoms with Gasteiger partial charge in [-0.05, 0) is 39.0 Å². The summed E-state index contributed by atoms with van der Waals surface area (Å²) in [6, 6.07) is 0.0902. The molecule has 0 saturated heterocycles. The van der Waals surface area contributed by atoms with E-state index in [-0.39, 0.29) is 29.7 Å². The van der Waals surface area contributed by atoms with Gasteiger partial charge in [0, 0.05) is 30.2 Å². The molecule has 0 radical (unpaired) electrons. The molecule has 25 heavy (non-hydrogen) atoms. The zero-order chi connectivity index (χ0) is 19.0. The molecule has 3 amide bonds. The van der Waals surface area contributed by atoms with Crippen molar-refractivity contribution in [2.24, 2.45) is 5.92 Å². The van der Waals surface area contributed by atoms with Crippen molar-refractivity contribution in [3.05, 3.63) is 12.2 Å². The number of unbranched alkanes of at least 4 members (excludes halogenated alkanes) is 1. The van der Waals surface area contributed by atoms with Crippen molar-refractivity contribution in [1.29, 1.82) is 0 Å². The predicted molar refractivity (Wildman–Crippen MR) is 99.8 cm³/mol. The number of imide groups is 1. The summed E-state index contributed by atoms with van der Waals surface area (Å²) >= 11 is 0. The number of hydrogen-bond acceptors (Lipinski definition) is 3. The number of nitrogens with zero attached hydrogens (tertiary/aromatic N) is 1. The Morgan fingerprint density at radius 3 is 2.16 bits per heavy atom. The summed E-state index contributed by atoms with van der Waals surface area (Å²) in [5, 5.41) is 3.18. The van der Waals surface area contributed by atoms with Crippen molar-refractivity contribution in [2.45, 2.75) is 91.1 Å². The minimum Gasteiger partial charge on any atom is -0.353 e. The van der Waals surface area contributed by atoms with Crippen LogP contribution in [-0.4, -0.2) is 34.2 Å². The van der Waals surface area contributed by atoms with E-state index in [2.05, 4.69) is 19.2 Å². The molecular formula is C20H34N2O3. The molecule has 2 unspecified atom stereocenters. The van der Waals surface area contributed by atoms with Gasteiger partial charge in [-0.1, -0.05) is 40.0 Å². The van der Waals surface area contributed by atoms with Gasteiger partial charge in [0.2, 0.25) is 5.91 Å². The van der Waals surface area contributed by atoms with Crippen LogP contribution in [0.3, 0.4) is 0 Å². The standard InChI is InChI=1S/C20H34N2O3/c1-6-9-11-16(21-17(23)8-3)15(10-7-2)14-20(4,5)22-18(24)12-13-19(22)25/h12-13,15-16H,6-11,14H2,1-5H3,(H,21,23). The first-order valence-electron chi connectivity index (χ1n) is 9.62. The topological polar surface area (TPSA) is 66.5 Å². The Hall–Kier alpha value is -1.65. The maximum atomic E-state index is 12.1. The summed E-state index contributed by atoms with van der Waals surface area (Å²) in [7, 11) is 0. The molecule has 0 fully saturated rings. The lowest BCUT2D eigenvalue weighted by Crippen LogP contribution is -2.51. The minimum atomic E-state index is -0.571. The van der Waals surface area contributed by atoms with Gasteiger partial charge in [0.1, 0.15) is 0 Å². The molecule has 0 aromatic carbocycles. The zero-order valence-corrected chi connectivity index (χ0v) is 16.4. The summed E-state index contributed by atoms with van der Waals surface area (Å²) in [5.74, 6) is -0.181. The second-order valence-corrected chi connectivity index (χ2v) is 7.58. The highest BCUT2D eigenvalue weighted by Gasteiger charge is 2.40. The Kier molecular flexibility index (Phi) is 8.33. The third-order valence-corrected chi connectivity index (χ3v) is 4.94. The quantitative estimate of drug-likeness (QED) is 0.579. The number of carbonyl (C=O) groups excluding carboxylic acids is 3. The van der Waals surface area contributed by atoms with Gasteiger partial charge in [0.15, 0.2) is 0 Å². The van der Waals surface area contributed by atoms with Crippen molar-refractivity contribution < 1.29 is 14.4 Å². The van der Waals surface area contributed by atoms with E-state index in [9.17, 15) is 14.4 Å². The van der Waals surface area contributed by atoms with Crippen LogP contribution in [0.2, 0.25) is 0 Å². The van der Waals surface area contributed by atoms with Crippen LogP contribution in [0.1, 0.15) is 79.6 Å². The summed E-state index contributed by atoms with van der Waals surface area (Å²) in [4.78, 5) is 37.5.